The number of amides is 3. The normalized spacial score (nSPS) is 21.5. The van der Waals surface area contributed by atoms with Crippen molar-refractivity contribution in [2.45, 2.75) is 89.1 Å². The summed E-state index contributed by atoms with van der Waals surface area (Å²) in [6, 6.07) is 10.5. The number of carbonyl (C=O) groups is 2. The van der Waals surface area contributed by atoms with E-state index in [1.807, 2.05) is 35.2 Å². The molecule has 0 aromatic heterocycles. The summed E-state index contributed by atoms with van der Waals surface area (Å²) < 4.78 is 0. The Kier molecular flexibility index (Phi) is 8.61. The minimum absolute atomic E-state index is 0.0571. The van der Waals surface area contributed by atoms with Gasteiger partial charge in [0.25, 0.3) is 0 Å². The number of hydrogen-bond acceptors (Lipinski definition) is 4. The number of rotatable bonds is 5. The SMILES string of the molecule is O=C(NC1CCCCC1)O/N=C(\c1ccccc1)C1CCN(C(=O)NC2CCCCC2)CC1. The third kappa shape index (κ3) is 6.95. The van der Waals surface area contributed by atoms with Gasteiger partial charge in [0.05, 0.1) is 5.71 Å². The summed E-state index contributed by atoms with van der Waals surface area (Å²) in [6.07, 6.45) is 12.6. The Morgan fingerprint density at radius 2 is 1.36 bits per heavy atom. The minimum atomic E-state index is -0.473. The molecular weight excluding hydrogens is 416 g/mol. The Bertz CT molecular complexity index is 793. The van der Waals surface area contributed by atoms with Gasteiger partial charge >= 0.3 is 12.1 Å². The highest BCUT2D eigenvalue weighted by atomic mass is 16.7. The number of hydrogen-bond donors (Lipinski definition) is 2. The number of nitrogens with zero attached hydrogens (tertiary/aromatic N) is 2. The van der Waals surface area contributed by atoms with Crippen molar-refractivity contribution in [1.29, 1.82) is 0 Å². The molecule has 1 aliphatic heterocycles. The van der Waals surface area contributed by atoms with Gasteiger partial charge in [-0.1, -0.05) is 74.0 Å². The van der Waals surface area contributed by atoms with Crippen LogP contribution in [0.3, 0.4) is 0 Å². The molecule has 2 aliphatic carbocycles. The molecule has 1 saturated heterocycles. The first-order chi connectivity index (χ1) is 16.2. The zero-order valence-corrected chi connectivity index (χ0v) is 19.6. The van der Waals surface area contributed by atoms with Crippen molar-refractivity contribution in [3.05, 3.63) is 35.9 Å². The van der Waals surface area contributed by atoms with Gasteiger partial charge in [-0.25, -0.2) is 9.59 Å². The summed E-state index contributed by atoms with van der Waals surface area (Å²) in [7, 11) is 0. The van der Waals surface area contributed by atoms with Crippen LogP contribution in [0.4, 0.5) is 9.59 Å². The molecule has 3 fully saturated rings. The van der Waals surface area contributed by atoms with E-state index >= 15 is 0 Å². The molecule has 1 aromatic carbocycles. The first-order valence-corrected chi connectivity index (χ1v) is 12.9. The van der Waals surface area contributed by atoms with Gasteiger partial charge in [-0.3, -0.25) is 4.84 Å². The number of likely N-dealkylation sites (tertiary alicyclic amines) is 1. The van der Waals surface area contributed by atoms with Crippen LogP contribution in [0.25, 0.3) is 0 Å². The summed E-state index contributed by atoms with van der Waals surface area (Å²) in [5.41, 5.74) is 1.76. The van der Waals surface area contributed by atoms with Gasteiger partial charge in [0.1, 0.15) is 0 Å². The molecule has 7 nitrogen and oxygen atoms in total. The van der Waals surface area contributed by atoms with E-state index in [0.717, 1.165) is 62.6 Å². The minimum Gasteiger partial charge on any atom is -0.335 e. The Balaban J connectivity index is 1.34. The smallest absolute Gasteiger partial charge is 0.335 e. The third-order valence-corrected chi connectivity index (χ3v) is 7.33. The number of piperidine rings is 1. The molecule has 3 amide bonds. The van der Waals surface area contributed by atoms with Crippen molar-refractivity contribution in [2.75, 3.05) is 13.1 Å². The average Bonchev–Trinajstić information content (AvgIpc) is 2.86. The zero-order valence-electron chi connectivity index (χ0n) is 19.6. The molecular formula is C26H38N4O3. The highest BCUT2D eigenvalue weighted by molar-refractivity contribution is 6.02. The molecule has 2 N–H and O–H groups in total. The number of benzene rings is 1. The lowest BCUT2D eigenvalue weighted by Crippen LogP contribution is -2.49. The van der Waals surface area contributed by atoms with Gasteiger partial charge in [0.2, 0.25) is 0 Å². The molecule has 0 atom stereocenters. The molecule has 0 bridgehead atoms. The lowest BCUT2D eigenvalue weighted by Gasteiger charge is -2.34. The average molecular weight is 455 g/mol. The maximum Gasteiger partial charge on any atom is 0.433 e. The topological polar surface area (TPSA) is 83.0 Å². The summed E-state index contributed by atoms with van der Waals surface area (Å²) in [5, 5.41) is 10.5. The molecule has 3 aliphatic rings. The lowest BCUT2D eigenvalue weighted by molar-refractivity contribution is 0.142. The van der Waals surface area contributed by atoms with Crippen molar-refractivity contribution >= 4 is 17.8 Å². The van der Waals surface area contributed by atoms with E-state index in [0.29, 0.717) is 19.1 Å². The van der Waals surface area contributed by atoms with Crippen LogP contribution < -0.4 is 10.6 Å². The highest BCUT2D eigenvalue weighted by Crippen LogP contribution is 2.24. The predicted molar refractivity (Wildman–Crippen MR) is 129 cm³/mol. The van der Waals surface area contributed by atoms with Crippen LogP contribution in [0.15, 0.2) is 35.5 Å². The molecule has 0 unspecified atom stereocenters. The maximum absolute atomic E-state index is 12.7. The number of urea groups is 1. The number of nitrogens with one attached hydrogen (secondary N) is 2. The summed E-state index contributed by atoms with van der Waals surface area (Å²) in [4.78, 5) is 32.3. The maximum atomic E-state index is 12.7. The van der Waals surface area contributed by atoms with Crippen molar-refractivity contribution in [3.8, 4) is 0 Å². The van der Waals surface area contributed by atoms with E-state index in [1.54, 1.807) is 0 Å². The second-order valence-corrected chi connectivity index (χ2v) is 9.75. The first-order valence-electron chi connectivity index (χ1n) is 12.9. The summed E-state index contributed by atoms with van der Waals surface area (Å²) >= 11 is 0. The largest absolute Gasteiger partial charge is 0.433 e. The predicted octanol–water partition coefficient (Wildman–Crippen LogP) is 5.20. The van der Waals surface area contributed by atoms with Crippen LogP contribution in [0.2, 0.25) is 0 Å². The van der Waals surface area contributed by atoms with Crippen LogP contribution in [-0.2, 0) is 4.84 Å². The molecule has 1 heterocycles. The van der Waals surface area contributed by atoms with Crippen LogP contribution >= 0.6 is 0 Å². The van der Waals surface area contributed by atoms with E-state index in [9.17, 15) is 9.59 Å². The zero-order chi connectivity index (χ0) is 22.9. The second-order valence-electron chi connectivity index (χ2n) is 9.75. The molecule has 4 rings (SSSR count). The van der Waals surface area contributed by atoms with E-state index in [-0.39, 0.29) is 18.0 Å². The quantitative estimate of drug-likeness (QED) is 0.364. The van der Waals surface area contributed by atoms with Gasteiger partial charge in [-0.05, 0) is 44.1 Å². The second kappa shape index (κ2) is 12.1. The first kappa shape index (κ1) is 23.6. The Morgan fingerprint density at radius 3 is 1.97 bits per heavy atom. The number of oxime groups is 1. The number of carbonyl (C=O) groups excluding carboxylic acids is 2. The molecule has 1 aromatic rings. The fourth-order valence-electron chi connectivity index (χ4n) is 5.37. The van der Waals surface area contributed by atoms with Crippen molar-refractivity contribution < 1.29 is 14.4 Å². The Labute approximate surface area is 197 Å². The van der Waals surface area contributed by atoms with Crippen molar-refractivity contribution in [3.63, 3.8) is 0 Å². The highest BCUT2D eigenvalue weighted by Gasteiger charge is 2.29. The van der Waals surface area contributed by atoms with E-state index in [2.05, 4.69) is 15.8 Å². The van der Waals surface area contributed by atoms with Crippen LogP contribution in [0.5, 0.6) is 0 Å². The van der Waals surface area contributed by atoms with Gasteiger partial charge in [0.15, 0.2) is 0 Å². The summed E-state index contributed by atoms with van der Waals surface area (Å²) in [5.74, 6) is 0.147. The lowest BCUT2D eigenvalue weighted by atomic mass is 9.88. The molecule has 180 valence electrons. The Hall–Kier alpha value is -2.57. The molecule has 33 heavy (non-hydrogen) atoms. The standard InChI is InChI=1S/C26H38N4O3/c31-25(27-22-12-6-2-7-13-22)30-18-16-21(17-19-30)24(20-10-4-1-5-11-20)29-33-26(32)28-23-14-8-3-9-15-23/h1,4-5,10-11,21-23H,2-3,6-9,12-19H2,(H,27,31)(H,28,32)/b29-24+. The van der Waals surface area contributed by atoms with E-state index in [1.165, 1.54) is 25.7 Å². The van der Waals surface area contributed by atoms with Gasteiger partial charge in [-0.15, -0.1) is 0 Å². The fraction of sp³-hybridized carbons (Fsp3) is 0.654. The molecule has 2 saturated carbocycles. The van der Waals surface area contributed by atoms with Gasteiger partial charge < -0.3 is 15.5 Å². The van der Waals surface area contributed by atoms with Crippen LogP contribution in [-0.4, -0.2) is 47.9 Å². The summed E-state index contributed by atoms with van der Waals surface area (Å²) in [6.45, 7) is 1.37. The van der Waals surface area contributed by atoms with E-state index in [4.69, 9.17) is 4.84 Å². The molecule has 0 radical (unpaired) electrons. The van der Waals surface area contributed by atoms with Crippen LogP contribution in [0, 0.1) is 5.92 Å². The third-order valence-electron chi connectivity index (χ3n) is 7.33. The molecule has 7 heteroatoms. The van der Waals surface area contributed by atoms with Crippen molar-refractivity contribution in [1.82, 2.24) is 15.5 Å². The fourth-order valence-corrected chi connectivity index (χ4v) is 5.37. The van der Waals surface area contributed by atoms with Gasteiger partial charge in [0, 0.05) is 31.1 Å². The van der Waals surface area contributed by atoms with Crippen LogP contribution in [0.1, 0.15) is 82.6 Å². The van der Waals surface area contributed by atoms with Crippen molar-refractivity contribution in [2.24, 2.45) is 11.1 Å². The monoisotopic (exact) mass is 454 g/mol. The van der Waals surface area contributed by atoms with E-state index < -0.39 is 6.09 Å². The molecule has 0 spiro atoms. The van der Waals surface area contributed by atoms with Gasteiger partial charge in [-0.2, -0.15) is 0 Å². The Morgan fingerprint density at radius 1 is 0.788 bits per heavy atom.